The first-order chi connectivity index (χ1) is 13.8. The molecule has 1 saturated heterocycles. The second-order valence-electron chi connectivity index (χ2n) is 6.64. The number of hydrogen-bond donors (Lipinski definition) is 1. The normalized spacial score (nSPS) is 15.8. The van der Waals surface area contributed by atoms with Gasteiger partial charge in [0.15, 0.2) is 0 Å². The molecular weight excluding hydrogens is 421 g/mol. The van der Waals surface area contributed by atoms with Gasteiger partial charge < -0.3 is 10.1 Å². The van der Waals surface area contributed by atoms with Gasteiger partial charge in [-0.05, 0) is 37.1 Å². The molecule has 0 radical (unpaired) electrons. The maximum atomic E-state index is 13.3. The van der Waals surface area contributed by atoms with Crippen molar-refractivity contribution in [3.05, 3.63) is 52.9 Å². The number of methoxy groups -OCH3 is 1. The van der Waals surface area contributed by atoms with E-state index in [2.05, 4.69) is 10.3 Å². The average Bonchev–Trinajstić information content (AvgIpc) is 2.74. The quantitative estimate of drug-likeness (QED) is 0.744. The minimum atomic E-state index is -3.79. The van der Waals surface area contributed by atoms with Crippen LogP contribution in [-0.2, 0) is 21.4 Å². The zero-order chi connectivity index (χ0) is 21.0. The van der Waals surface area contributed by atoms with Crippen molar-refractivity contribution in [2.24, 2.45) is 5.92 Å². The summed E-state index contributed by atoms with van der Waals surface area (Å²) in [6.45, 7) is 0.680. The first-order valence-electron chi connectivity index (χ1n) is 9.03. The van der Waals surface area contributed by atoms with Crippen LogP contribution in [0.15, 0.2) is 41.4 Å². The Morgan fingerprint density at radius 3 is 2.72 bits per heavy atom. The molecule has 1 aromatic heterocycles. The molecule has 1 N–H and O–H groups in total. The monoisotopic (exact) mass is 441 g/mol. The summed E-state index contributed by atoms with van der Waals surface area (Å²) in [4.78, 5) is 16.5. The molecule has 0 bridgehead atoms. The molecule has 1 aliphatic heterocycles. The van der Waals surface area contributed by atoms with E-state index in [4.69, 9.17) is 16.3 Å². The lowest BCUT2D eigenvalue weighted by molar-refractivity contribution is -0.126. The number of ether oxygens (including phenoxy) is 1. The molecule has 29 heavy (non-hydrogen) atoms. The van der Waals surface area contributed by atoms with Crippen molar-refractivity contribution in [1.82, 2.24) is 14.6 Å². The zero-order valence-electron chi connectivity index (χ0n) is 15.8. The van der Waals surface area contributed by atoms with Crippen LogP contribution in [0, 0.1) is 11.7 Å². The molecule has 3 rings (SSSR count). The first-order valence-corrected chi connectivity index (χ1v) is 10.9. The number of aromatic nitrogens is 1. The van der Waals surface area contributed by atoms with Crippen LogP contribution in [0.4, 0.5) is 4.39 Å². The molecule has 0 atom stereocenters. The Kier molecular flexibility index (Phi) is 6.71. The van der Waals surface area contributed by atoms with Gasteiger partial charge >= 0.3 is 0 Å². The average molecular weight is 442 g/mol. The fourth-order valence-corrected chi connectivity index (χ4v) is 4.96. The summed E-state index contributed by atoms with van der Waals surface area (Å²) in [5, 5.41) is 2.61. The van der Waals surface area contributed by atoms with Gasteiger partial charge in [0.1, 0.15) is 5.82 Å². The molecule has 2 aromatic rings. The van der Waals surface area contributed by atoms with Gasteiger partial charge in [0.2, 0.25) is 21.8 Å². The van der Waals surface area contributed by atoms with E-state index in [-0.39, 0.29) is 41.4 Å². The third-order valence-electron chi connectivity index (χ3n) is 4.85. The molecule has 1 aliphatic rings. The van der Waals surface area contributed by atoms with Crippen LogP contribution < -0.4 is 10.1 Å². The third kappa shape index (κ3) is 4.85. The lowest BCUT2D eigenvalue weighted by Crippen LogP contribution is -2.42. The Labute approximate surface area is 173 Å². The molecule has 156 valence electrons. The Morgan fingerprint density at radius 2 is 2.07 bits per heavy atom. The summed E-state index contributed by atoms with van der Waals surface area (Å²) in [6.07, 6.45) is 2.39. The van der Waals surface area contributed by atoms with Crippen LogP contribution in [0.3, 0.4) is 0 Å². The maximum Gasteiger partial charge on any atom is 0.243 e. The van der Waals surface area contributed by atoms with Gasteiger partial charge in [-0.15, -0.1) is 0 Å². The highest BCUT2D eigenvalue weighted by atomic mass is 35.5. The van der Waals surface area contributed by atoms with Crippen LogP contribution in [0.5, 0.6) is 5.88 Å². The minimum Gasteiger partial charge on any atom is -0.481 e. The van der Waals surface area contributed by atoms with Crippen molar-refractivity contribution in [2.45, 2.75) is 24.3 Å². The van der Waals surface area contributed by atoms with E-state index >= 15 is 0 Å². The summed E-state index contributed by atoms with van der Waals surface area (Å²) in [5.41, 5.74) is 0.761. The van der Waals surface area contributed by atoms with Gasteiger partial charge in [0.25, 0.3) is 0 Å². The molecule has 1 aromatic carbocycles. The van der Waals surface area contributed by atoms with Crippen LogP contribution in [0.25, 0.3) is 0 Å². The molecule has 0 saturated carbocycles. The fraction of sp³-hybridized carbons (Fsp3) is 0.368. The predicted octanol–water partition coefficient (Wildman–Crippen LogP) is 2.60. The lowest BCUT2D eigenvalue weighted by Gasteiger charge is -2.30. The van der Waals surface area contributed by atoms with Crippen molar-refractivity contribution in [3.8, 4) is 5.88 Å². The van der Waals surface area contributed by atoms with Crippen LogP contribution >= 0.6 is 11.6 Å². The Bertz CT molecular complexity index is 995. The number of rotatable bonds is 6. The largest absolute Gasteiger partial charge is 0.481 e. The number of halogens is 2. The van der Waals surface area contributed by atoms with Gasteiger partial charge in [-0.1, -0.05) is 17.7 Å². The highest BCUT2D eigenvalue weighted by Crippen LogP contribution is 2.26. The van der Waals surface area contributed by atoms with Gasteiger partial charge in [-0.3, -0.25) is 4.79 Å². The topological polar surface area (TPSA) is 88.6 Å². The van der Waals surface area contributed by atoms with E-state index in [1.807, 2.05) is 6.07 Å². The standard InChI is InChI=1S/C19H21ClFN3O4S/c1-28-19-14(3-2-8-22-19)12-23-18(25)13-6-9-24(10-7-13)29(26,27)15-4-5-17(21)16(20)11-15/h2-5,8,11,13H,6-7,9-10,12H2,1H3,(H,23,25). The number of hydrogen-bond acceptors (Lipinski definition) is 5. The zero-order valence-corrected chi connectivity index (χ0v) is 17.3. The van der Waals surface area contributed by atoms with Crippen molar-refractivity contribution in [2.75, 3.05) is 20.2 Å². The molecule has 2 heterocycles. The summed E-state index contributed by atoms with van der Waals surface area (Å²) in [7, 11) is -2.28. The maximum absolute atomic E-state index is 13.3. The lowest BCUT2D eigenvalue weighted by atomic mass is 9.97. The Hall–Kier alpha value is -2.23. The molecular formula is C19H21ClFN3O4S. The molecule has 0 aliphatic carbocycles. The Morgan fingerprint density at radius 1 is 1.34 bits per heavy atom. The number of benzene rings is 1. The fourth-order valence-electron chi connectivity index (χ4n) is 3.21. The number of piperidine rings is 1. The Balaban J connectivity index is 1.58. The molecule has 0 unspecified atom stereocenters. The summed E-state index contributed by atoms with van der Waals surface area (Å²) in [6, 6.07) is 6.90. The van der Waals surface area contributed by atoms with E-state index in [0.29, 0.717) is 18.7 Å². The number of sulfonamides is 1. The highest BCUT2D eigenvalue weighted by molar-refractivity contribution is 7.89. The molecule has 1 amide bonds. The molecule has 10 heteroatoms. The number of carbonyl (C=O) groups is 1. The van der Waals surface area contributed by atoms with Crippen molar-refractivity contribution in [3.63, 3.8) is 0 Å². The summed E-state index contributed by atoms with van der Waals surface area (Å²) < 4.78 is 45.2. The highest BCUT2D eigenvalue weighted by Gasteiger charge is 2.32. The van der Waals surface area contributed by atoms with Crippen LogP contribution in [-0.4, -0.2) is 43.8 Å². The van der Waals surface area contributed by atoms with E-state index in [1.165, 1.54) is 17.5 Å². The van der Waals surface area contributed by atoms with Gasteiger partial charge in [0, 0.05) is 37.3 Å². The third-order valence-corrected chi connectivity index (χ3v) is 7.03. The van der Waals surface area contributed by atoms with Crippen molar-refractivity contribution in [1.29, 1.82) is 0 Å². The van der Waals surface area contributed by atoms with Gasteiger partial charge in [0.05, 0.1) is 17.0 Å². The molecule has 0 spiro atoms. The smallest absolute Gasteiger partial charge is 0.243 e. The van der Waals surface area contributed by atoms with Crippen LogP contribution in [0.2, 0.25) is 5.02 Å². The van der Waals surface area contributed by atoms with E-state index in [0.717, 1.165) is 17.7 Å². The molecule has 7 nitrogen and oxygen atoms in total. The molecule has 1 fully saturated rings. The van der Waals surface area contributed by atoms with Crippen molar-refractivity contribution < 1.29 is 22.3 Å². The minimum absolute atomic E-state index is 0.0597. The number of nitrogens with one attached hydrogen (secondary N) is 1. The second-order valence-corrected chi connectivity index (χ2v) is 8.99. The first kappa shape index (κ1) is 21.5. The van der Waals surface area contributed by atoms with Gasteiger partial charge in [-0.2, -0.15) is 4.31 Å². The SMILES string of the molecule is COc1ncccc1CNC(=O)C1CCN(S(=O)(=O)c2ccc(F)c(Cl)c2)CC1. The van der Waals surface area contributed by atoms with E-state index in [9.17, 15) is 17.6 Å². The number of pyridine rings is 1. The predicted molar refractivity (Wildman–Crippen MR) is 106 cm³/mol. The van der Waals surface area contributed by atoms with Crippen LogP contribution in [0.1, 0.15) is 18.4 Å². The number of nitrogens with zero attached hydrogens (tertiary/aromatic N) is 2. The second kappa shape index (κ2) is 9.06. The number of carbonyl (C=O) groups excluding carboxylic acids is 1. The van der Waals surface area contributed by atoms with E-state index in [1.54, 1.807) is 12.3 Å². The summed E-state index contributed by atoms with van der Waals surface area (Å²) in [5.74, 6) is -0.656. The van der Waals surface area contributed by atoms with E-state index < -0.39 is 15.8 Å². The van der Waals surface area contributed by atoms with Gasteiger partial charge in [-0.25, -0.2) is 17.8 Å². The van der Waals surface area contributed by atoms with Crippen molar-refractivity contribution >= 4 is 27.5 Å². The summed E-state index contributed by atoms with van der Waals surface area (Å²) >= 11 is 5.71. The number of amides is 1.